The molecular weight excluding hydrogens is 304 g/mol. The van der Waals surface area contributed by atoms with Crippen LogP contribution in [-0.2, 0) is 16.1 Å². The summed E-state index contributed by atoms with van der Waals surface area (Å²) in [4.78, 5) is 23.6. The van der Waals surface area contributed by atoms with Crippen molar-refractivity contribution in [1.82, 2.24) is 0 Å². The molecule has 0 aliphatic rings. The molecule has 5 heteroatoms. The number of hydrogen-bond acceptors (Lipinski definition) is 5. The average molecular weight is 324 g/mol. The Morgan fingerprint density at radius 3 is 2.38 bits per heavy atom. The standard InChI is InChI=1S/C19H20N2O3/c1-3-17(22)18(20)14-9-15(19(23)24-2)11-16(10-14)21-12-13-7-5-4-6-8-13/h4-11,20-21H,3,12H2,1-2H3. The number of ketones is 1. The molecule has 0 spiro atoms. The van der Waals surface area contributed by atoms with Crippen LogP contribution in [0.25, 0.3) is 0 Å². The molecule has 0 atom stereocenters. The van der Waals surface area contributed by atoms with Crippen molar-refractivity contribution in [2.45, 2.75) is 19.9 Å². The first-order valence-electron chi connectivity index (χ1n) is 7.68. The largest absolute Gasteiger partial charge is 0.465 e. The van der Waals surface area contributed by atoms with E-state index >= 15 is 0 Å². The molecule has 0 aliphatic heterocycles. The van der Waals surface area contributed by atoms with Gasteiger partial charge in [0.25, 0.3) is 0 Å². The number of ether oxygens (including phenoxy) is 1. The van der Waals surface area contributed by atoms with Gasteiger partial charge in [0.2, 0.25) is 0 Å². The van der Waals surface area contributed by atoms with Crippen LogP contribution < -0.4 is 5.32 Å². The van der Waals surface area contributed by atoms with E-state index in [1.165, 1.54) is 13.2 Å². The van der Waals surface area contributed by atoms with Crippen molar-refractivity contribution in [2.24, 2.45) is 0 Å². The maximum Gasteiger partial charge on any atom is 0.337 e. The monoisotopic (exact) mass is 324 g/mol. The third-order valence-electron chi connectivity index (χ3n) is 3.58. The first-order valence-corrected chi connectivity index (χ1v) is 7.68. The Balaban J connectivity index is 2.30. The Bertz CT molecular complexity index is 754. The Morgan fingerprint density at radius 2 is 1.75 bits per heavy atom. The summed E-state index contributed by atoms with van der Waals surface area (Å²) in [5.74, 6) is -0.776. The molecule has 0 saturated carbocycles. The fraction of sp³-hybridized carbons (Fsp3) is 0.211. The first-order chi connectivity index (χ1) is 11.5. The van der Waals surface area contributed by atoms with E-state index < -0.39 is 5.97 Å². The second-order valence-electron chi connectivity index (χ2n) is 5.28. The van der Waals surface area contributed by atoms with Crippen LogP contribution in [0.4, 0.5) is 5.69 Å². The second kappa shape index (κ2) is 8.06. The lowest BCUT2D eigenvalue weighted by molar-refractivity contribution is -0.112. The van der Waals surface area contributed by atoms with Crippen molar-refractivity contribution in [3.05, 3.63) is 65.2 Å². The highest BCUT2D eigenvalue weighted by Gasteiger charge is 2.15. The predicted octanol–water partition coefficient (Wildman–Crippen LogP) is 3.43. The smallest absolute Gasteiger partial charge is 0.337 e. The van der Waals surface area contributed by atoms with Gasteiger partial charge in [-0.2, -0.15) is 0 Å². The number of nitrogens with one attached hydrogen (secondary N) is 2. The molecule has 0 amide bonds. The molecule has 0 radical (unpaired) electrons. The highest BCUT2D eigenvalue weighted by molar-refractivity contribution is 6.45. The minimum absolute atomic E-state index is 0.106. The minimum Gasteiger partial charge on any atom is -0.465 e. The third kappa shape index (κ3) is 4.29. The number of Topliss-reactive ketones (excluding diaryl/α,β-unsaturated/α-hetero) is 1. The van der Waals surface area contributed by atoms with E-state index in [0.29, 0.717) is 23.4 Å². The zero-order valence-electron chi connectivity index (χ0n) is 13.8. The Morgan fingerprint density at radius 1 is 1.08 bits per heavy atom. The van der Waals surface area contributed by atoms with Crippen molar-refractivity contribution < 1.29 is 14.3 Å². The van der Waals surface area contributed by atoms with Crippen LogP contribution in [0.1, 0.15) is 34.8 Å². The average Bonchev–Trinajstić information content (AvgIpc) is 2.64. The molecule has 0 saturated heterocycles. The maximum atomic E-state index is 11.8. The maximum absolute atomic E-state index is 11.8. The molecule has 0 unspecified atom stereocenters. The number of methoxy groups -OCH3 is 1. The number of esters is 1. The van der Waals surface area contributed by atoms with Gasteiger partial charge in [-0.3, -0.25) is 10.2 Å². The molecule has 0 bridgehead atoms. The molecule has 124 valence electrons. The molecule has 2 N–H and O–H groups in total. The van der Waals surface area contributed by atoms with Gasteiger partial charge in [-0.05, 0) is 23.8 Å². The van der Waals surface area contributed by atoms with Gasteiger partial charge >= 0.3 is 5.97 Å². The van der Waals surface area contributed by atoms with Crippen molar-refractivity contribution in [1.29, 1.82) is 5.41 Å². The summed E-state index contributed by atoms with van der Waals surface area (Å²) in [7, 11) is 1.30. The quantitative estimate of drug-likeness (QED) is 0.604. The van der Waals surface area contributed by atoms with Crippen LogP contribution in [0.2, 0.25) is 0 Å². The Kier molecular flexibility index (Phi) is 5.84. The van der Waals surface area contributed by atoms with Gasteiger partial charge in [0.15, 0.2) is 5.78 Å². The lowest BCUT2D eigenvalue weighted by Gasteiger charge is -2.11. The van der Waals surface area contributed by atoms with Gasteiger partial charge in [0.1, 0.15) is 5.71 Å². The zero-order valence-corrected chi connectivity index (χ0v) is 13.8. The SMILES string of the molecule is CCC(=O)C(=N)c1cc(NCc2ccccc2)cc(C(=O)OC)c1. The molecule has 2 aromatic carbocycles. The lowest BCUT2D eigenvalue weighted by Crippen LogP contribution is -2.15. The molecular formula is C19H20N2O3. The van der Waals surface area contributed by atoms with Crippen LogP contribution in [0, 0.1) is 5.41 Å². The van der Waals surface area contributed by atoms with E-state index in [9.17, 15) is 9.59 Å². The van der Waals surface area contributed by atoms with Gasteiger partial charge in [-0.1, -0.05) is 37.3 Å². The summed E-state index contributed by atoms with van der Waals surface area (Å²) >= 11 is 0. The van der Waals surface area contributed by atoms with Crippen LogP contribution in [0.5, 0.6) is 0 Å². The second-order valence-corrected chi connectivity index (χ2v) is 5.28. The van der Waals surface area contributed by atoms with Crippen LogP contribution in [-0.4, -0.2) is 24.6 Å². The van der Waals surface area contributed by atoms with Gasteiger partial charge < -0.3 is 10.1 Å². The first kappa shape index (κ1) is 17.4. The number of benzene rings is 2. The molecule has 5 nitrogen and oxygen atoms in total. The molecule has 0 heterocycles. The Labute approximate surface area is 141 Å². The van der Waals surface area contributed by atoms with E-state index in [2.05, 4.69) is 5.32 Å². The summed E-state index contributed by atoms with van der Waals surface area (Å²) in [6, 6.07) is 14.7. The van der Waals surface area contributed by atoms with Crippen molar-refractivity contribution in [3.8, 4) is 0 Å². The van der Waals surface area contributed by atoms with E-state index in [1.807, 2.05) is 30.3 Å². The summed E-state index contributed by atoms with van der Waals surface area (Å²) in [5.41, 5.74) is 2.35. The van der Waals surface area contributed by atoms with Crippen LogP contribution >= 0.6 is 0 Å². The molecule has 2 rings (SSSR count). The number of rotatable bonds is 7. The van der Waals surface area contributed by atoms with Gasteiger partial charge in [0.05, 0.1) is 12.7 Å². The summed E-state index contributed by atoms with van der Waals surface area (Å²) in [5, 5.41) is 11.2. The van der Waals surface area contributed by atoms with Gasteiger partial charge in [-0.15, -0.1) is 0 Å². The van der Waals surface area contributed by atoms with Crippen LogP contribution in [0.3, 0.4) is 0 Å². The molecule has 2 aromatic rings. The van der Waals surface area contributed by atoms with E-state index in [1.54, 1.807) is 19.1 Å². The third-order valence-corrected chi connectivity index (χ3v) is 3.58. The van der Waals surface area contributed by atoms with Gasteiger partial charge in [-0.25, -0.2) is 4.79 Å². The summed E-state index contributed by atoms with van der Waals surface area (Å²) < 4.78 is 4.75. The molecule has 0 aliphatic carbocycles. The highest BCUT2D eigenvalue weighted by atomic mass is 16.5. The number of anilines is 1. The van der Waals surface area contributed by atoms with Crippen molar-refractivity contribution in [3.63, 3.8) is 0 Å². The zero-order chi connectivity index (χ0) is 17.5. The molecule has 0 aromatic heterocycles. The fourth-order valence-electron chi connectivity index (χ4n) is 2.25. The lowest BCUT2D eigenvalue weighted by atomic mass is 10.0. The van der Waals surface area contributed by atoms with Gasteiger partial charge in [0, 0.05) is 24.2 Å². The number of carbonyl (C=O) groups is 2. The summed E-state index contributed by atoms with van der Waals surface area (Å²) in [6.07, 6.45) is 0.244. The highest BCUT2D eigenvalue weighted by Crippen LogP contribution is 2.18. The van der Waals surface area contributed by atoms with Crippen LogP contribution in [0.15, 0.2) is 48.5 Å². The van der Waals surface area contributed by atoms with Crippen molar-refractivity contribution in [2.75, 3.05) is 12.4 Å². The normalized spacial score (nSPS) is 10.1. The van der Waals surface area contributed by atoms with E-state index in [4.69, 9.17) is 10.1 Å². The van der Waals surface area contributed by atoms with E-state index in [0.717, 1.165) is 5.56 Å². The van der Waals surface area contributed by atoms with E-state index in [-0.39, 0.29) is 17.9 Å². The molecule has 24 heavy (non-hydrogen) atoms. The summed E-state index contributed by atoms with van der Waals surface area (Å²) in [6.45, 7) is 2.27. The Hall–Kier alpha value is -2.95. The minimum atomic E-state index is -0.503. The fourth-order valence-corrected chi connectivity index (χ4v) is 2.25. The van der Waals surface area contributed by atoms with Crippen molar-refractivity contribution >= 4 is 23.2 Å². The predicted molar refractivity (Wildman–Crippen MR) is 93.7 cm³/mol. The number of carbonyl (C=O) groups excluding carboxylic acids is 2. The topological polar surface area (TPSA) is 79.3 Å². The number of hydrogen-bond donors (Lipinski definition) is 2. The molecule has 0 fully saturated rings.